The molecule has 1 aliphatic heterocycles. The second kappa shape index (κ2) is 8.30. The van der Waals surface area contributed by atoms with Crippen molar-refractivity contribution in [3.05, 3.63) is 54.1 Å². The van der Waals surface area contributed by atoms with Gasteiger partial charge in [0.2, 0.25) is 15.9 Å². The van der Waals surface area contributed by atoms with Crippen molar-refractivity contribution in [2.24, 2.45) is 5.92 Å². The van der Waals surface area contributed by atoms with E-state index in [0.29, 0.717) is 31.4 Å². The smallest absolute Gasteiger partial charge is 0.245 e. The molecule has 1 aromatic heterocycles. The lowest BCUT2D eigenvalue weighted by Gasteiger charge is -2.31. The van der Waals surface area contributed by atoms with Gasteiger partial charge in [-0.1, -0.05) is 36.4 Å². The molecule has 9 heteroatoms. The monoisotopic (exact) mass is 414 g/mol. The number of sulfonamides is 1. The topological polar surface area (TPSA) is 105 Å². The van der Waals surface area contributed by atoms with Crippen molar-refractivity contribution in [3.8, 4) is 0 Å². The van der Waals surface area contributed by atoms with Gasteiger partial charge >= 0.3 is 0 Å². The van der Waals surface area contributed by atoms with Crippen molar-refractivity contribution in [2.75, 3.05) is 19.6 Å². The molecule has 8 nitrogen and oxygen atoms in total. The Labute approximate surface area is 168 Å². The van der Waals surface area contributed by atoms with Crippen LogP contribution >= 0.6 is 0 Å². The van der Waals surface area contributed by atoms with Crippen LogP contribution < -0.4 is 5.32 Å². The van der Waals surface area contributed by atoms with Crippen LogP contribution in [0.4, 0.5) is 0 Å². The average Bonchev–Trinajstić information content (AvgIpc) is 3.23. The van der Waals surface area contributed by atoms with Crippen LogP contribution in [0.3, 0.4) is 0 Å². The summed E-state index contributed by atoms with van der Waals surface area (Å²) in [7, 11) is -3.80. The third kappa shape index (κ3) is 4.15. The molecule has 1 N–H and O–H groups in total. The summed E-state index contributed by atoms with van der Waals surface area (Å²) in [6, 6.07) is 14.7. The molecular weight excluding hydrogens is 392 g/mol. The summed E-state index contributed by atoms with van der Waals surface area (Å²) in [6.45, 7) is 1.05. The molecule has 0 spiro atoms. The number of carbonyl (C=O) groups excluding carboxylic acids is 1. The van der Waals surface area contributed by atoms with Gasteiger partial charge in [0.05, 0.1) is 5.92 Å². The summed E-state index contributed by atoms with van der Waals surface area (Å²) in [5, 5.41) is 10.4. The van der Waals surface area contributed by atoms with Gasteiger partial charge in [0, 0.05) is 19.6 Å². The summed E-state index contributed by atoms with van der Waals surface area (Å²) >= 11 is 0. The Morgan fingerprint density at radius 2 is 1.97 bits per heavy atom. The number of piperidine rings is 1. The van der Waals surface area contributed by atoms with E-state index in [1.54, 1.807) is 12.1 Å². The van der Waals surface area contributed by atoms with Crippen LogP contribution in [-0.2, 0) is 21.2 Å². The molecule has 3 aromatic rings. The molecular formula is C20H22N4O4S. The van der Waals surface area contributed by atoms with E-state index < -0.39 is 10.0 Å². The molecule has 1 amide bonds. The predicted molar refractivity (Wildman–Crippen MR) is 106 cm³/mol. The fraction of sp³-hybridized carbons (Fsp3) is 0.350. The zero-order chi connectivity index (χ0) is 20.3. The van der Waals surface area contributed by atoms with Crippen molar-refractivity contribution < 1.29 is 17.8 Å². The van der Waals surface area contributed by atoms with Crippen molar-refractivity contribution >= 4 is 27.0 Å². The number of benzene rings is 2. The number of hydrogen-bond acceptors (Lipinski definition) is 6. The minimum Gasteiger partial charge on any atom is -0.355 e. The maximum absolute atomic E-state index is 13.2. The highest BCUT2D eigenvalue weighted by Gasteiger charge is 2.34. The molecule has 0 aliphatic carbocycles. The third-order valence-electron chi connectivity index (χ3n) is 5.18. The predicted octanol–water partition coefficient (Wildman–Crippen LogP) is 1.98. The number of carbonyl (C=O) groups is 1. The Balaban J connectivity index is 1.42. The first kappa shape index (κ1) is 19.5. The van der Waals surface area contributed by atoms with Gasteiger partial charge in [0.15, 0.2) is 5.52 Å². The first-order valence-corrected chi connectivity index (χ1v) is 11.0. The maximum Gasteiger partial charge on any atom is 0.245 e. The van der Waals surface area contributed by atoms with Gasteiger partial charge in [-0.15, -0.1) is 0 Å². The lowest BCUT2D eigenvalue weighted by Crippen LogP contribution is -2.45. The van der Waals surface area contributed by atoms with Crippen molar-refractivity contribution in [1.82, 2.24) is 19.9 Å². The van der Waals surface area contributed by atoms with Crippen molar-refractivity contribution in [2.45, 2.75) is 24.2 Å². The lowest BCUT2D eigenvalue weighted by atomic mass is 9.99. The van der Waals surface area contributed by atoms with E-state index >= 15 is 0 Å². The van der Waals surface area contributed by atoms with Gasteiger partial charge in [-0.25, -0.2) is 13.0 Å². The van der Waals surface area contributed by atoms with E-state index in [0.717, 1.165) is 12.0 Å². The fourth-order valence-electron chi connectivity index (χ4n) is 3.62. The summed E-state index contributed by atoms with van der Waals surface area (Å²) < 4.78 is 32.3. The summed E-state index contributed by atoms with van der Waals surface area (Å²) in [5.74, 6) is -0.480. The maximum atomic E-state index is 13.2. The minimum absolute atomic E-state index is 0.0568. The summed E-state index contributed by atoms with van der Waals surface area (Å²) in [6.07, 6.45) is 2.03. The molecule has 1 aliphatic rings. The van der Waals surface area contributed by atoms with E-state index in [2.05, 4.69) is 20.3 Å². The van der Waals surface area contributed by atoms with Gasteiger partial charge in [0.1, 0.15) is 10.4 Å². The molecule has 1 saturated heterocycles. The van der Waals surface area contributed by atoms with E-state index in [1.807, 2.05) is 30.3 Å². The van der Waals surface area contributed by atoms with Gasteiger partial charge in [0.25, 0.3) is 0 Å². The van der Waals surface area contributed by atoms with Gasteiger partial charge in [-0.3, -0.25) is 4.79 Å². The zero-order valence-electron chi connectivity index (χ0n) is 15.8. The van der Waals surface area contributed by atoms with E-state index in [-0.39, 0.29) is 28.8 Å². The second-order valence-electron chi connectivity index (χ2n) is 7.12. The van der Waals surface area contributed by atoms with E-state index in [1.165, 1.54) is 10.4 Å². The highest BCUT2D eigenvalue weighted by Crippen LogP contribution is 2.27. The number of rotatable bonds is 6. The first-order chi connectivity index (χ1) is 14.1. The first-order valence-electron chi connectivity index (χ1n) is 9.59. The SMILES string of the molecule is O=C(NCCc1ccccc1)[C@@H]1CCCN(S(=O)(=O)c2cccc3nonc23)C1. The number of fused-ring (bicyclic) bond motifs is 1. The molecule has 1 fully saturated rings. The molecule has 2 aromatic carbocycles. The number of amides is 1. The molecule has 2 heterocycles. The lowest BCUT2D eigenvalue weighted by molar-refractivity contribution is -0.126. The number of hydrogen-bond donors (Lipinski definition) is 1. The highest BCUT2D eigenvalue weighted by molar-refractivity contribution is 7.89. The standard InChI is InChI=1S/C20H22N4O4S/c25-20(21-12-11-15-6-2-1-3-7-15)16-8-5-13-24(14-16)29(26,27)18-10-4-9-17-19(18)23-28-22-17/h1-4,6-7,9-10,16H,5,8,11-14H2,(H,21,25)/t16-/m1/s1. The van der Waals surface area contributed by atoms with Crippen LogP contribution in [-0.4, -0.2) is 48.6 Å². The quantitative estimate of drug-likeness (QED) is 0.661. The highest BCUT2D eigenvalue weighted by atomic mass is 32.2. The van der Waals surface area contributed by atoms with Crippen molar-refractivity contribution in [1.29, 1.82) is 0 Å². The van der Waals surface area contributed by atoms with Crippen LogP contribution in [0.2, 0.25) is 0 Å². The van der Waals surface area contributed by atoms with Gasteiger partial charge < -0.3 is 5.32 Å². The number of aromatic nitrogens is 2. The van der Waals surface area contributed by atoms with Gasteiger partial charge in [-0.05, 0) is 47.3 Å². The minimum atomic E-state index is -3.80. The normalized spacial score (nSPS) is 18.0. The number of nitrogens with one attached hydrogen (secondary N) is 1. The van der Waals surface area contributed by atoms with Crippen LogP contribution in [0.1, 0.15) is 18.4 Å². The molecule has 0 radical (unpaired) electrons. The molecule has 152 valence electrons. The Bertz CT molecular complexity index is 1100. The fourth-order valence-corrected chi connectivity index (χ4v) is 5.28. The molecule has 4 rings (SSSR count). The Kier molecular flexibility index (Phi) is 5.59. The van der Waals surface area contributed by atoms with Crippen LogP contribution in [0, 0.1) is 5.92 Å². The Morgan fingerprint density at radius 3 is 2.79 bits per heavy atom. The van der Waals surface area contributed by atoms with Crippen molar-refractivity contribution in [3.63, 3.8) is 0 Å². The Hall–Kier alpha value is -2.78. The second-order valence-corrected chi connectivity index (χ2v) is 9.02. The van der Waals surface area contributed by atoms with Gasteiger partial charge in [-0.2, -0.15) is 4.31 Å². The van der Waals surface area contributed by atoms with E-state index in [9.17, 15) is 13.2 Å². The average molecular weight is 414 g/mol. The van der Waals surface area contributed by atoms with Crippen LogP contribution in [0.15, 0.2) is 58.1 Å². The largest absolute Gasteiger partial charge is 0.355 e. The summed E-state index contributed by atoms with van der Waals surface area (Å²) in [4.78, 5) is 12.7. The molecule has 0 bridgehead atoms. The van der Waals surface area contributed by atoms with E-state index in [4.69, 9.17) is 0 Å². The molecule has 1 atom stereocenters. The molecule has 29 heavy (non-hydrogen) atoms. The summed E-state index contributed by atoms with van der Waals surface area (Å²) in [5.41, 5.74) is 1.75. The third-order valence-corrected chi connectivity index (χ3v) is 7.07. The van der Waals surface area contributed by atoms with Crippen LogP contribution in [0.25, 0.3) is 11.0 Å². The molecule has 0 unspecified atom stereocenters. The zero-order valence-corrected chi connectivity index (χ0v) is 16.6. The number of nitrogens with zero attached hydrogens (tertiary/aromatic N) is 3. The Morgan fingerprint density at radius 1 is 1.14 bits per heavy atom. The van der Waals surface area contributed by atoms with Crippen LogP contribution in [0.5, 0.6) is 0 Å². The molecule has 0 saturated carbocycles.